The van der Waals surface area contributed by atoms with E-state index in [0.29, 0.717) is 43.4 Å². The average molecular weight is 409 g/mol. The third-order valence-electron chi connectivity index (χ3n) is 5.83. The zero-order valence-electron chi connectivity index (χ0n) is 17.3. The van der Waals surface area contributed by atoms with E-state index in [4.69, 9.17) is 15.2 Å². The Morgan fingerprint density at radius 1 is 1.07 bits per heavy atom. The maximum atomic E-state index is 12.8. The highest BCUT2D eigenvalue weighted by atomic mass is 16.6. The van der Waals surface area contributed by atoms with E-state index in [1.54, 1.807) is 30.1 Å². The predicted molar refractivity (Wildman–Crippen MR) is 113 cm³/mol. The monoisotopic (exact) mass is 409 g/mol. The second-order valence-corrected chi connectivity index (χ2v) is 8.10. The van der Waals surface area contributed by atoms with Crippen LogP contribution in [0.25, 0.3) is 0 Å². The fourth-order valence-corrected chi connectivity index (χ4v) is 4.24. The number of rotatable bonds is 5. The van der Waals surface area contributed by atoms with Crippen molar-refractivity contribution in [2.45, 2.75) is 12.5 Å². The molecule has 7 nitrogen and oxygen atoms in total. The Balaban J connectivity index is 1.43. The standard InChI is InChI=1S/C23H27N3O4/c1-25-13-18(19(14-25)22(24)27)16-5-3-15(4-6-16)12-26(2)23(28)17-7-8-20-21(11-17)30-10-9-29-20/h3-8,11,18-19H,9-10,12-14H2,1-2H3,(H2,24,27)/t18-,19+/m1/s1. The van der Waals surface area contributed by atoms with Crippen LogP contribution in [-0.2, 0) is 11.3 Å². The van der Waals surface area contributed by atoms with Gasteiger partial charge in [-0.25, -0.2) is 0 Å². The van der Waals surface area contributed by atoms with E-state index in [0.717, 1.165) is 17.7 Å². The van der Waals surface area contributed by atoms with Crippen LogP contribution in [0, 0.1) is 5.92 Å². The Labute approximate surface area is 176 Å². The summed E-state index contributed by atoms with van der Waals surface area (Å²) in [6.45, 7) is 3.00. The lowest BCUT2D eigenvalue weighted by Crippen LogP contribution is -2.28. The molecule has 2 amide bonds. The Bertz CT molecular complexity index is 944. The number of likely N-dealkylation sites (tertiary alicyclic amines) is 1. The van der Waals surface area contributed by atoms with Gasteiger partial charge >= 0.3 is 0 Å². The number of nitrogens with zero attached hydrogens (tertiary/aromatic N) is 2. The van der Waals surface area contributed by atoms with Crippen molar-refractivity contribution in [1.29, 1.82) is 0 Å². The van der Waals surface area contributed by atoms with Crippen LogP contribution >= 0.6 is 0 Å². The lowest BCUT2D eigenvalue weighted by atomic mass is 9.88. The third kappa shape index (κ3) is 4.11. The molecule has 158 valence electrons. The lowest BCUT2D eigenvalue weighted by Gasteiger charge is -2.21. The number of hydrogen-bond donors (Lipinski definition) is 1. The van der Waals surface area contributed by atoms with Gasteiger partial charge in [0.05, 0.1) is 5.92 Å². The second-order valence-electron chi connectivity index (χ2n) is 8.10. The minimum atomic E-state index is -0.252. The minimum absolute atomic E-state index is 0.0812. The molecule has 30 heavy (non-hydrogen) atoms. The normalized spacial score (nSPS) is 20.7. The molecule has 0 spiro atoms. The van der Waals surface area contributed by atoms with Gasteiger partial charge in [0.2, 0.25) is 5.91 Å². The predicted octanol–water partition coefficient (Wildman–Crippen LogP) is 1.86. The number of fused-ring (bicyclic) bond motifs is 1. The smallest absolute Gasteiger partial charge is 0.254 e. The SMILES string of the molecule is CN1C[C@H](C(N)=O)[C@@H](c2ccc(CN(C)C(=O)c3ccc4c(c3)OCCO4)cc2)C1. The van der Waals surface area contributed by atoms with E-state index < -0.39 is 0 Å². The van der Waals surface area contributed by atoms with E-state index >= 15 is 0 Å². The summed E-state index contributed by atoms with van der Waals surface area (Å²) in [5.74, 6) is 0.887. The molecule has 1 saturated heterocycles. The lowest BCUT2D eigenvalue weighted by molar-refractivity contribution is -0.121. The Hall–Kier alpha value is -3.06. The van der Waals surface area contributed by atoms with Crippen LogP contribution in [0.3, 0.4) is 0 Å². The highest BCUT2D eigenvalue weighted by molar-refractivity contribution is 5.94. The number of benzene rings is 2. The number of carbonyl (C=O) groups is 2. The van der Waals surface area contributed by atoms with Crippen LogP contribution in [-0.4, -0.2) is 62.0 Å². The van der Waals surface area contributed by atoms with Gasteiger partial charge in [-0.1, -0.05) is 24.3 Å². The van der Waals surface area contributed by atoms with Crippen LogP contribution in [0.4, 0.5) is 0 Å². The third-order valence-corrected chi connectivity index (χ3v) is 5.83. The van der Waals surface area contributed by atoms with Crippen molar-refractivity contribution < 1.29 is 19.1 Å². The van der Waals surface area contributed by atoms with Crippen molar-refractivity contribution in [3.05, 3.63) is 59.2 Å². The molecule has 2 aromatic rings. The summed E-state index contributed by atoms with van der Waals surface area (Å²) >= 11 is 0. The Morgan fingerprint density at radius 3 is 2.47 bits per heavy atom. The van der Waals surface area contributed by atoms with Gasteiger partial charge in [0.1, 0.15) is 13.2 Å². The summed E-state index contributed by atoms with van der Waals surface area (Å²) in [5, 5.41) is 0. The quantitative estimate of drug-likeness (QED) is 0.815. The van der Waals surface area contributed by atoms with Gasteiger partial charge in [0.25, 0.3) is 5.91 Å². The number of carbonyl (C=O) groups excluding carboxylic acids is 2. The van der Waals surface area contributed by atoms with Crippen LogP contribution in [0.15, 0.2) is 42.5 Å². The molecule has 0 aromatic heterocycles. The number of likely N-dealkylation sites (N-methyl/N-ethyl adjacent to an activating group) is 1. The molecular weight excluding hydrogens is 382 g/mol. The fourth-order valence-electron chi connectivity index (χ4n) is 4.24. The van der Waals surface area contributed by atoms with Crippen LogP contribution in [0.2, 0.25) is 0 Å². The zero-order chi connectivity index (χ0) is 21.3. The molecule has 2 aliphatic rings. The van der Waals surface area contributed by atoms with E-state index in [1.165, 1.54) is 0 Å². The van der Waals surface area contributed by atoms with Crippen LogP contribution in [0.5, 0.6) is 11.5 Å². The number of ether oxygens (including phenoxy) is 2. The molecule has 0 saturated carbocycles. The van der Waals surface area contributed by atoms with Crippen molar-refractivity contribution >= 4 is 11.8 Å². The largest absolute Gasteiger partial charge is 0.486 e. The van der Waals surface area contributed by atoms with Crippen LogP contribution in [0.1, 0.15) is 27.4 Å². The number of primary amides is 1. The van der Waals surface area contributed by atoms with Gasteiger partial charge in [0.15, 0.2) is 11.5 Å². The molecule has 0 aliphatic carbocycles. The molecule has 1 fully saturated rings. The molecule has 2 heterocycles. The molecule has 7 heteroatoms. The van der Waals surface area contributed by atoms with E-state index in [2.05, 4.69) is 4.90 Å². The first kappa shape index (κ1) is 20.2. The molecule has 2 N–H and O–H groups in total. The first-order valence-corrected chi connectivity index (χ1v) is 10.1. The molecule has 2 aromatic carbocycles. The van der Waals surface area contributed by atoms with Crippen molar-refractivity contribution in [1.82, 2.24) is 9.80 Å². The highest BCUT2D eigenvalue weighted by Gasteiger charge is 2.35. The highest BCUT2D eigenvalue weighted by Crippen LogP contribution is 2.33. The van der Waals surface area contributed by atoms with Crippen molar-refractivity contribution in [3.63, 3.8) is 0 Å². The summed E-state index contributed by atoms with van der Waals surface area (Å²) in [6, 6.07) is 13.4. The Morgan fingerprint density at radius 2 is 1.77 bits per heavy atom. The molecule has 0 unspecified atom stereocenters. The van der Waals surface area contributed by atoms with Crippen molar-refractivity contribution in [2.24, 2.45) is 11.7 Å². The maximum Gasteiger partial charge on any atom is 0.254 e. The van der Waals surface area contributed by atoms with Gasteiger partial charge in [-0.2, -0.15) is 0 Å². The maximum absolute atomic E-state index is 12.8. The molecule has 4 rings (SSSR count). The zero-order valence-corrected chi connectivity index (χ0v) is 17.3. The molecule has 0 radical (unpaired) electrons. The minimum Gasteiger partial charge on any atom is -0.486 e. The summed E-state index contributed by atoms with van der Waals surface area (Å²) in [6.07, 6.45) is 0. The molecule has 2 aliphatic heterocycles. The summed E-state index contributed by atoms with van der Waals surface area (Å²) in [5.41, 5.74) is 8.28. The van der Waals surface area contributed by atoms with Gasteiger partial charge in [-0.15, -0.1) is 0 Å². The van der Waals surface area contributed by atoms with Gasteiger partial charge in [-0.05, 0) is 36.4 Å². The van der Waals surface area contributed by atoms with Crippen LogP contribution < -0.4 is 15.2 Å². The van der Waals surface area contributed by atoms with E-state index in [1.807, 2.05) is 31.3 Å². The second kappa shape index (κ2) is 8.36. The topological polar surface area (TPSA) is 85.1 Å². The fraction of sp³-hybridized carbons (Fsp3) is 0.391. The van der Waals surface area contributed by atoms with Gasteiger partial charge in [0, 0.05) is 38.2 Å². The first-order chi connectivity index (χ1) is 14.4. The molecule has 2 atom stereocenters. The van der Waals surface area contributed by atoms with Gasteiger partial charge < -0.3 is 25.0 Å². The summed E-state index contributed by atoms with van der Waals surface area (Å²) in [7, 11) is 3.78. The molecular formula is C23H27N3O4. The average Bonchev–Trinajstić information content (AvgIpc) is 3.15. The number of hydrogen-bond acceptors (Lipinski definition) is 5. The Kier molecular flexibility index (Phi) is 5.63. The number of nitrogens with two attached hydrogens (primary N) is 1. The number of amides is 2. The molecule has 0 bridgehead atoms. The van der Waals surface area contributed by atoms with Crippen molar-refractivity contribution in [2.75, 3.05) is 40.4 Å². The van der Waals surface area contributed by atoms with E-state index in [-0.39, 0.29) is 23.7 Å². The van der Waals surface area contributed by atoms with E-state index in [9.17, 15) is 9.59 Å². The summed E-state index contributed by atoms with van der Waals surface area (Å²) < 4.78 is 11.1. The van der Waals surface area contributed by atoms with Crippen molar-refractivity contribution in [3.8, 4) is 11.5 Å². The summed E-state index contributed by atoms with van der Waals surface area (Å²) in [4.78, 5) is 28.4. The van der Waals surface area contributed by atoms with Gasteiger partial charge in [-0.3, -0.25) is 9.59 Å². The first-order valence-electron chi connectivity index (χ1n) is 10.1.